The maximum Gasteiger partial charge on any atom is 0.338 e. The van der Waals surface area contributed by atoms with Gasteiger partial charge < -0.3 is 14.6 Å². The standard InChI is InChI=1S/C22H19FN2O3S2/c1-13(2)15-7-4-14(5-8-15)6-9-20-24-21(12-29-20)30-25-18-11-17(23)16(22(26)27)10-19(18)28-3/h4-5,7-8,10-13,25H,1-3H3,(H,26,27). The molecular formula is C22H19FN2O3S2. The highest BCUT2D eigenvalue weighted by atomic mass is 32.2. The molecule has 154 valence electrons. The first-order valence-electron chi connectivity index (χ1n) is 8.98. The average molecular weight is 443 g/mol. The van der Waals surface area contributed by atoms with Gasteiger partial charge in [-0.05, 0) is 35.6 Å². The molecule has 0 saturated carbocycles. The minimum atomic E-state index is -1.36. The zero-order valence-electron chi connectivity index (χ0n) is 16.5. The maximum atomic E-state index is 14.0. The third-order valence-electron chi connectivity index (χ3n) is 4.16. The van der Waals surface area contributed by atoms with Gasteiger partial charge in [0.2, 0.25) is 0 Å². The molecule has 0 aliphatic heterocycles. The van der Waals surface area contributed by atoms with Crippen LogP contribution in [0.1, 0.15) is 46.3 Å². The summed E-state index contributed by atoms with van der Waals surface area (Å²) in [7, 11) is 1.39. The molecule has 0 saturated heterocycles. The summed E-state index contributed by atoms with van der Waals surface area (Å²) in [5.41, 5.74) is 2.05. The van der Waals surface area contributed by atoms with Gasteiger partial charge in [0.15, 0.2) is 5.01 Å². The van der Waals surface area contributed by atoms with Crippen LogP contribution in [0.15, 0.2) is 46.8 Å². The van der Waals surface area contributed by atoms with Crippen LogP contribution in [0, 0.1) is 17.7 Å². The van der Waals surface area contributed by atoms with Crippen molar-refractivity contribution < 1.29 is 19.0 Å². The topological polar surface area (TPSA) is 71.5 Å². The van der Waals surface area contributed by atoms with Gasteiger partial charge >= 0.3 is 5.97 Å². The molecule has 0 bridgehead atoms. The molecule has 0 radical (unpaired) electrons. The van der Waals surface area contributed by atoms with Gasteiger partial charge in [0.05, 0.1) is 18.4 Å². The highest BCUT2D eigenvalue weighted by Crippen LogP contribution is 2.32. The van der Waals surface area contributed by atoms with Crippen molar-refractivity contribution in [1.29, 1.82) is 0 Å². The Labute approximate surface area is 182 Å². The molecule has 0 aliphatic rings. The molecule has 0 amide bonds. The molecule has 0 spiro atoms. The van der Waals surface area contributed by atoms with Gasteiger partial charge in [-0.3, -0.25) is 0 Å². The Kier molecular flexibility index (Phi) is 6.98. The average Bonchev–Trinajstić information content (AvgIpc) is 3.18. The molecule has 2 N–H and O–H groups in total. The Balaban J connectivity index is 1.68. The number of thiazole rings is 1. The van der Waals surface area contributed by atoms with Gasteiger partial charge in [0.25, 0.3) is 0 Å². The number of halogens is 1. The summed E-state index contributed by atoms with van der Waals surface area (Å²) in [6, 6.07) is 10.4. The van der Waals surface area contributed by atoms with Gasteiger partial charge in [0.1, 0.15) is 16.6 Å². The van der Waals surface area contributed by atoms with Gasteiger partial charge in [-0.15, -0.1) is 11.3 Å². The number of carboxylic acid groups (broad SMARTS) is 1. The van der Waals surface area contributed by atoms with Crippen LogP contribution < -0.4 is 9.46 Å². The number of hydrogen-bond acceptors (Lipinski definition) is 6. The van der Waals surface area contributed by atoms with Crippen LogP contribution in [0.2, 0.25) is 0 Å². The number of carboxylic acids is 1. The number of nitrogens with one attached hydrogen (secondary N) is 1. The summed E-state index contributed by atoms with van der Waals surface area (Å²) in [6.07, 6.45) is 0. The van der Waals surface area contributed by atoms with E-state index < -0.39 is 17.3 Å². The first-order valence-corrected chi connectivity index (χ1v) is 10.7. The Morgan fingerprint density at radius 2 is 2.00 bits per heavy atom. The van der Waals surface area contributed by atoms with E-state index in [1.54, 1.807) is 0 Å². The van der Waals surface area contributed by atoms with Crippen LogP contribution in [-0.2, 0) is 0 Å². The van der Waals surface area contributed by atoms with E-state index in [4.69, 9.17) is 9.84 Å². The molecule has 2 aromatic carbocycles. The molecule has 30 heavy (non-hydrogen) atoms. The van der Waals surface area contributed by atoms with Crippen molar-refractivity contribution in [3.63, 3.8) is 0 Å². The predicted octanol–water partition coefficient (Wildman–Crippen LogP) is 5.63. The second-order valence-corrected chi connectivity index (χ2v) is 8.24. The number of carbonyl (C=O) groups is 1. The van der Waals surface area contributed by atoms with Gasteiger partial charge in [-0.2, -0.15) is 0 Å². The highest BCUT2D eigenvalue weighted by molar-refractivity contribution is 8.00. The van der Waals surface area contributed by atoms with Crippen LogP contribution in [0.25, 0.3) is 0 Å². The van der Waals surface area contributed by atoms with Crippen molar-refractivity contribution in [2.75, 3.05) is 11.8 Å². The van der Waals surface area contributed by atoms with E-state index >= 15 is 0 Å². The smallest absolute Gasteiger partial charge is 0.338 e. The van der Waals surface area contributed by atoms with Crippen LogP contribution in [0.5, 0.6) is 5.75 Å². The van der Waals surface area contributed by atoms with E-state index in [-0.39, 0.29) is 5.75 Å². The number of anilines is 1. The normalized spacial score (nSPS) is 10.4. The first-order chi connectivity index (χ1) is 14.4. The van der Waals surface area contributed by atoms with E-state index in [1.165, 1.54) is 24.0 Å². The predicted molar refractivity (Wildman–Crippen MR) is 118 cm³/mol. The summed E-state index contributed by atoms with van der Waals surface area (Å²) >= 11 is 2.56. The summed E-state index contributed by atoms with van der Waals surface area (Å²) in [4.78, 5) is 15.5. The number of methoxy groups -OCH3 is 1. The summed E-state index contributed by atoms with van der Waals surface area (Å²) in [5, 5.41) is 12.2. The molecule has 5 nitrogen and oxygen atoms in total. The Bertz CT molecular complexity index is 1120. The van der Waals surface area contributed by atoms with Crippen molar-refractivity contribution in [1.82, 2.24) is 4.98 Å². The quantitative estimate of drug-likeness (QED) is 0.381. The Hall–Kier alpha value is -3.02. The van der Waals surface area contributed by atoms with Crippen molar-refractivity contribution in [3.8, 4) is 17.6 Å². The Morgan fingerprint density at radius 1 is 1.27 bits per heavy atom. The maximum absolute atomic E-state index is 14.0. The molecule has 3 aromatic rings. The van der Waals surface area contributed by atoms with E-state index in [2.05, 4.69) is 47.5 Å². The van der Waals surface area contributed by atoms with Crippen LogP contribution >= 0.6 is 23.3 Å². The lowest BCUT2D eigenvalue weighted by atomic mass is 10.0. The molecule has 1 aromatic heterocycles. The second kappa shape index (κ2) is 9.65. The lowest BCUT2D eigenvalue weighted by Gasteiger charge is -2.11. The molecular weight excluding hydrogens is 423 g/mol. The van der Waals surface area contributed by atoms with E-state index in [0.717, 1.165) is 29.6 Å². The summed E-state index contributed by atoms with van der Waals surface area (Å²) in [6.45, 7) is 4.29. The molecule has 8 heteroatoms. The third kappa shape index (κ3) is 5.32. The van der Waals surface area contributed by atoms with Gasteiger partial charge in [0, 0.05) is 29.0 Å². The zero-order valence-corrected chi connectivity index (χ0v) is 18.2. The van der Waals surface area contributed by atoms with Crippen LogP contribution in [0.4, 0.5) is 10.1 Å². The SMILES string of the molecule is COc1cc(C(=O)O)c(F)cc1NSc1csc(C#Cc2ccc(C(C)C)cc2)n1. The fraction of sp³-hybridized carbons (Fsp3) is 0.182. The number of aromatic carboxylic acids is 1. The molecule has 0 aliphatic carbocycles. The highest BCUT2D eigenvalue weighted by Gasteiger charge is 2.16. The number of benzene rings is 2. The zero-order chi connectivity index (χ0) is 21.7. The van der Waals surface area contributed by atoms with Crippen LogP contribution in [0.3, 0.4) is 0 Å². The third-order valence-corrected chi connectivity index (χ3v) is 5.81. The van der Waals surface area contributed by atoms with Crippen LogP contribution in [-0.4, -0.2) is 23.2 Å². The van der Waals surface area contributed by atoms with E-state index in [0.29, 0.717) is 21.6 Å². The molecule has 0 fully saturated rings. The largest absolute Gasteiger partial charge is 0.495 e. The van der Waals surface area contributed by atoms with Crippen molar-refractivity contribution in [2.24, 2.45) is 0 Å². The fourth-order valence-corrected chi connectivity index (χ4v) is 3.95. The summed E-state index contributed by atoms with van der Waals surface area (Å²) in [5.74, 6) is 4.64. The summed E-state index contributed by atoms with van der Waals surface area (Å²) < 4.78 is 22.1. The van der Waals surface area contributed by atoms with E-state index in [9.17, 15) is 9.18 Å². The first kappa shape index (κ1) is 21.7. The number of hydrogen-bond donors (Lipinski definition) is 2. The van der Waals surface area contributed by atoms with Gasteiger partial charge in [-0.1, -0.05) is 31.9 Å². The fourth-order valence-electron chi connectivity index (χ4n) is 2.51. The van der Waals surface area contributed by atoms with Gasteiger partial charge in [-0.25, -0.2) is 14.2 Å². The van der Waals surface area contributed by atoms with Crippen molar-refractivity contribution in [3.05, 3.63) is 69.3 Å². The minimum absolute atomic E-state index is 0.224. The molecule has 0 unspecified atom stereocenters. The molecule has 3 rings (SSSR count). The lowest BCUT2D eigenvalue weighted by molar-refractivity contribution is 0.0691. The number of nitrogens with zero attached hydrogens (tertiary/aromatic N) is 1. The molecule has 1 heterocycles. The lowest BCUT2D eigenvalue weighted by Crippen LogP contribution is -2.03. The molecule has 0 atom stereocenters. The number of rotatable bonds is 6. The number of ether oxygens (including phenoxy) is 1. The number of aromatic nitrogens is 1. The van der Waals surface area contributed by atoms with E-state index in [1.807, 2.05) is 17.5 Å². The monoisotopic (exact) mass is 442 g/mol. The Morgan fingerprint density at radius 3 is 2.63 bits per heavy atom. The minimum Gasteiger partial charge on any atom is -0.495 e. The van der Waals surface area contributed by atoms with Crippen molar-refractivity contribution >= 4 is 34.9 Å². The van der Waals surface area contributed by atoms with Crippen molar-refractivity contribution in [2.45, 2.75) is 24.8 Å². The second-order valence-electron chi connectivity index (χ2n) is 6.56.